The number of hydrogen-bond donors (Lipinski definition) is 2. The summed E-state index contributed by atoms with van der Waals surface area (Å²) in [5.74, 6) is 2.30. The van der Waals surface area contributed by atoms with Gasteiger partial charge in [0.1, 0.15) is 5.76 Å². The maximum atomic E-state index is 5.72. The van der Waals surface area contributed by atoms with E-state index in [4.69, 9.17) is 4.42 Å². The highest BCUT2D eigenvalue weighted by Crippen LogP contribution is 2.22. The summed E-state index contributed by atoms with van der Waals surface area (Å²) in [6, 6.07) is 0. The van der Waals surface area contributed by atoms with Gasteiger partial charge in [-0.25, -0.2) is 4.98 Å². The fraction of sp³-hybridized carbons (Fsp3) is 0.714. The van der Waals surface area contributed by atoms with Gasteiger partial charge in [-0.05, 0) is 20.8 Å². The van der Waals surface area contributed by atoms with E-state index in [1.807, 2.05) is 0 Å². The number of nitrogens with zero attached hydrogens (tertiary/aromatic N) is 2. The second-order valence-corrected chi connectivity index (χ2v) is 6.67. The van der Waals surface area contributed by atoms with E-state index in [0.717, 1.165) is 11.7 Å². The van der Waals surface area contributed by atoms with Crippen LogP contribution in [0, 0.1) is 0 Å². The van der Waals surface area contributed by atoms with Gasteiger partial charge in [-0.15, -0.1) is 24.0 Å². The van der Waals surface area contributed by atoms with Crippen molar-refractivity contribution in [2.45, 2.75) is 59.0 Å². The molecule has 0 aliphatic carbocycles. The van der Waals surface area contributed by atoms with Crippen LogP contribution >= 0.6 is 24.0 Å². The Morgan fingerprint density at radius 3 is 2.25 bits per heavy atom. The van der Waals surface area contributed by atoms with Gasteiger partial charge in [0.25, 0.3) is 0 Å². The molecule has 0 fully saturated rings. The van der Waals surface area contributed by atoms with Crippen molar-refractivity contribution in [3.05, 3.63) is 17.8 Å². The smallest absolute Gasteiger partial charge is 0.213 e. The van der Waals surface area contributed by atoms with E-state index >= 15 is 0 Å². The highest BCUT2D eigenvalue weighted by molar-refractivity contribution is 14.0. The number of nitrogens with one attached hydrogen (secondary N) is 2. The van der Waals surface area contributed by atoms with Gasteiger partial charge in [-0.3, -0.25) is 4.99 Å². The molecule has 116 valence electrons. The standard InChI is InChI=1S/C14H26N4O.HI/c1-13(2,3)10-8-16-11(19-10)9-17-12(15-7)18-14(4,5)6;/h8H,9H2,1-7H3,(H2,15,17,18);1H. The highest BCUT2D eigenvalue weighted by atomic mass is 127. The highest BCUT2D eigenvalue weighted by Gasteiger charge is 2.19. The number of hydrogen-bond acceptors (Lipinski definition) is 3. The summed E-state index contributed by atoms with van der Waals surface area (Å²) in [4.78, 5) is 8.44. The van der Waals surface area contributed by atoms with Crippen LogP contribution in [0.5, 0.6) is 0 Å². The Balaban J connectivity index is 0.00000361. The minimum absolute atomic E-state index is 0. The molecule has 0 radical (unpaired) electrons. The SMILES string of the molecule is CN=C(NCc1ncc(C(C)(C)C)o1)NC(C)(C)C.I. The maximum absolute atomic E-state index is 5.72. The lowest BCUT2D eigenvalue weighted by atomic mass is 9.94. The molecule has 0 aliphatic rings. The summed E-state index contributed by atoms with van der Waals surface area (Å²) in [6.07, 6.45) is 1.79. The average Bonchev–Trinajstić information content (AvgIpc) is 2.70. The maximum Gasteiger partial charge on any atom is 0.213 e. The molecule has 0 saturated heterocycles. The van der Waals surface area contributed by atoms with Gasteiger partial charge < -0.3 is 15.1 Å². The zero-order valence-corrected chi connectivity index (χ0v) is 15.8. The zero-order valence-electron chi connectivity index (χ0n) is 13.5. The van der Waals surface area contributed by atoms with E-state index in [0.29, 0.717) is 12.4 Å². The van der Waals surface area contributed by atoms with Crippen molar-refractivity contribution in [2.75, 3.05) is 7.05 Å². The van der Waals surface area contributed by atoms with Crippen molar-refractivity contribution in [3.8, 4) is 0 Å². The Bertz CT molecular complexity index is 441. The van der Waals surface area contributed by atoms with Crippen LogP contribution in [0.25, 0.3) is 0 Å². The van der Waals surface area contributed by atoms with Crippen LogP contribution in [0.2, 0.25) is 0 Å². The van der Waals surface area contributed by atoms with E-state index in [1.165, 1.54) is 0 Å². The zero-order chi connectivity index (χ0) is 14.7. The van der Waals surface area contributed by atoms with Crippen LogP contribution in [0.4, 0.5) is 0 Å². The number of oxazole rings is 1. The molecular weight excluding hydrogens is 367 g/mol. The fourth-order valence-corrected chi connectivity index (χ4v) is 1.43. The van der Waals surface area contributed by atoms with E-state index in [1.54, 1.807) is 13.2 Å². The van der Waals surface area contributed by atoms with Gasteiger partial charge in [0.2, 0.25) is 5.89 Å². The van der Waals surface area contributed by atoms with E-state index < -0.39 is 0 Å². The molecule has 0 spiro atoms. The molecule has 1 heterocycles. The first-order chi connectivity index (χ1) is 8.62. The lowest BCUT2D eigenvalue weighted by Crippen LogP contribution is -2.47. The average molecular weight is 394 g/mol. The second kappa shape index (κ2) is 7.28. The summed E-state index contributed by atoms with van der Waals surface area (Å²) in [5, 5.41) is 6.47. The molecule has 1 aromatic rings. The van der Waals surface area contributed by atoms with Crippen molar-refractivity contribution >= 4 is 29.9 Å². The van der Waals surface area contributed by atoms with Gasteiger partial charge in [0, 0.05) is 18.0 Å². The molecule has 20 heavy (non-hydrogen) atoms. The molecule has 0 aromatic carbocycles. The van der Waals surface area contributed by atoms with E-state index in [2.05, 4.69) is 62.2 Å². The fourth-order valence-electron chi connectivity index (χ4n) is 1.43. The molecule has 0 aliphatic heterocycles. The normalized spacial score (nSPS) is 12.8. The van der Waals surface area contributed by atoms with Crippen LogP contribution in [0.1, 0.15) is 53.2 Å². The summed E-state index contributed by atoms with van der Waals surface area (Å²) in [6.45, 7) is 13.1. The summed E-state index contributed by atoms with van der Waals surface area (Å²) < 4.78 is 5.72. The van der Waals surface area contributed by atoms with Gasteiger partial charge in [-0.2, -0.15) is 0 Å². The molecule has 6 heteroatoms. The third-order valence-corrected chi connectivity index (χ3v) is 2.42. The Morgan fingerprint density at radius 2 is 1.85 bits per heavy atom. The Morgan fingerprint density at radius 1 is 1.25 bits per heavy atom. The number of aromatic nitrogens is 1. The first kappa shape index (κ1) is 19.2. The van der Waals surface area contributed by atoms with Crippen LogP contribution in [0.15, 0.2) is 15.6 Å². The third kappa shape index (κ3) is 6.58. The molecule has 0 bridgehead atoms. The third-order valence-electron chi connectivity index (χ3n) is 2.42. The van der Waals surface area contributed by atoms with Crippen molar-refractivity contribution in [2.24, 2.45) is 4.99 Å². The van der Waals surface area contributed by atoms with Gasteiger partial charge in [-0.1, -0.05) is 20.8 Å². The topological polar surface area (TPSA) is 62.5 Å². The van der Waals surface area contributed by atoms with Gasteiger partial charge in [0.05, 0.1) is 12.7 Å². The van der Waals surface area contributed by atoms with Gasteiger partial charge in [0.15, 0.2) is 5.96 Å². The monoisotopic (exact) mass is 394 g/mol. The minimum atomic E-state index is -0.0327. The first-order valence-corrected chi connectivity index (χ1v) is 6.56. The van der Waals surface area contributed by atoms with Crippen LogP contribution < -0.4 is 10.6 Å². The largest absolute Gasteiger partial charge is 0.443 e. The summed E-state index contributed by atoms with van der Waals surface area (Å²) >= 11 is 0. The Labute approximate surface area is 139 Å². The molecular formula is C14H27IN4O. The number of halogens is 1. The minimum Gasteiger partial charge on any atom is -0.443 e. The molecule has 5 nitrogen and oxygen atoms in total. The molecule has 1 aromatic heterocycles. The lowest BCUT2D eigenvalue weighted by molar-refractivity contribution is 0.378. The first-order valence-electron chi connectivity index (χ1n) is 6.56. The van der Waals surface area contributed by atoms with E-state index in [-0.39, 0.29) is 34.9 Å². The predicted molar refractivity (Wildman–Crippen MR) is 93.7 cm³/mol. The Hall–Kier alpha value is -0.790. The van der Waals surface area contributed by atoms with Crippen LogP contribution in [-0.4, -0.2) is 23.5 Å². The van der Waals surface area contributed by atoms with E-state index in [9.17, 15) is 0 Å². The predicted octanol–water partition coefficient (Wildman–Crippen LogP) is 3.05. The molecule has 0 saturated carbocycles. The van der Waals surface area contributed by atoms with Crippen molar-refractivity contribution in [3.63, 3.8) is 0 Å². The second-order valence-electron chi connectivity index (χ2n) is 6.67. The number of guanidine groups is 1. The molecule has 2 N–H and O–H groups in total. The molecule has 0 amide bonds. The summed E-state index contributed by atoms with van der Waals surface area (Å²) in [7, 11) is 1.75. The lowest BCUT2D eigenvalue weighted by Gasteiger charge is -2.23. The summed E-state index contributed by atoms with van der Waals surface area (Å²) in [5.41, 5.74) is -0.0500. The van der Waals surface area contributed by atoms with Crippen LogP contribution in [-0.2, 0) is 12.0 Å². The molecule has 0 atom stereocenters. The van der Waals surface area contributed by atoms with Crippen molar-refractivity contribution < 1.29 is 4.42 Å². The quantitative estimate of drug-likeness (QED) is 0.460. The van der Waals surface area contributed by atoms with Crippen LogP contribution in [0.3, 0.4) is 0 Å². The molecule has 1 rings (SSSR count). The van der Waals surface area contributed by atoms with Crippen molar-refractivity contribution in [1.29, 1.82) is 0 Å². The van der Waals surface area contributed by atoms with Gasteiger partial charge >= 0.3 is 0 Å². The number of aliphatic imine (C=N–C) groups is 1. The Kier molecular flexibility index (Phi) is 7.00. The molecule has 0 unspecified atom stereocenters. The van der Waals surface area contributed by atoms with Crippen molar-refractivity contribution in [1.82, 2.24) is 15.6 Å². The number of rotatable bonds is 2.